The Morgan fingerprint density at radius 3 is 3.04 bits per heavy atom. The third-order valence-electron chi connectivity index (χ3n) is 4.07. The van der Waals surface area contributed by atoms with Gasteiger partial charge in [0.2, 0.25) is 10.0 Å². The highest BCUT2D eigenvalue weighted by Gasteiger charge is 2.31. The first-order valence-corrected chi connectivity index (χ1v) is 9.18. The Morgan fingerprint density at radius 1 is 1.43 bits per heavy atom. The van der Waals surface area contributed by atoms with Crippen LogP contribution in [-0.4, -0.2) is 42.6 Å². The van der Waals surface area contributed by atoms with Gasteiger partial charge in [-0.1, -0.05) is 12.1 Å². The molecule has 1 aromatic carbocycles. The Hall–Kier alpha value is -1.86. The molecule has 2 aromatic rings. The lowest BCUT2D eigenvalue weighted by molar-refractivity contribution is 0.180. The van der Waals surface area contributed by atoms with Crippen molar-refractivity contribution in [1.82, 2.24) is 14.5 Å². The summed E-state index contributed by atoms with van der Waals surface area (Å²) in [5.74, 6) is 1.03. The lowest BCUT2D eigenvalue weighted by atomic mass is 10.0. The maximum atomic E-state index is 12.5. The number of rotatable bonds is 5. The standard InChI is InChI=1S/C16H21N3O3S/c1-13-4-2-6-15(8-13)22-12-14-5-3-7-19(11-14)23(20,21)16-9-17-18-10-16/h2,4,6,8-10,14H,3,5,7,11-12H2,1H3,(H,17,18)/t14-/m1/s1. The number of ether oxygens (including phenoxy) is 1. The number of benzene rings is 1. The first-order chi connectivity index (χ1) is 11.1. The summed E-state index contributed by atoms with van der Waals surface area (Å²) in [4.78, 5) is 0.220. The number of aromatic nitrogens is 2. The average molecular weight is 335 g/mol. The van der Waals surface area contributed by atoms with Crippen molar-refractivity contribution in [3.8, 4) is 5.75 Å². The van der Waals surface area contributed by atoms with Crippen molar-refractivity contribution in [3.05, 3.63) is 42.2 Å². The summed E-state index contributed by atoms with van der Waals surface area (Å²) in [6.07, 6.45) is 4.59. The molecule has 23 heavy (non-hydrogen) atoms. The summed E-state index contributed by atoms with van der Waals surface area (Å²) >= 11 is 0. The highest BCUT2D eigenvalue weighted by Crippen LogP contribution is 2.24. The van der Waals surface area contributed by atoms with Gasteiger partial charge in [0.1, 0.15) is 10.6 Å². The number of nitrogens with one attached hydrogen (secondary N) is 1. The van der Waals surface area contributed by atoms with E-state index in [0.29, 0.717) is 19.7 Å². The van der Waals surface area contributed by atoms with Crippen LogP contribution >= 0.6 is 0 Å². The smallest absolute Gasteiger partial charge is 0.246 e. The van der Waals surface area contributed by atoms with Crippen LogP contribution in [-0.2, 0) is 10.0 Å². The minimum atomic E-state index is -3.46. The quantitative estimate of drug-likeness (QED) is 0.909. The third-order valence-corrected chi connectivity index (χ3v) is 5.90. The van der Waals surface area contributed by atoms with Crippen LogP contribution in [0.25, 0.3) is 0 Å². The molecule has 1 N–H and O–H groups in total. The van der Waals surface area contributed by atoms with Crippen molar-refractivity contribution in [1.29, 1.82) is 0 Å². The van der Waals surface area contributed by atoms with Gasteiger partial charge in [-0.3, -0.25) is 5.10 Å². The number of hydrogen-bond acceptors (Lipinski definition) is 4. The first kappa shape index (κ1) is 16.0. The molecule has 124 valence electrons. The molecule has 1 fully saturated rings. The maximum Gasteiger partial charge on any atom is 0.246 e. The Morgan fingerprint density at radius 2 is 2.30 bits per heavy atom. The van der Waals surface area contributed by atoms with Crippen LogP contribution in [0.1, 0.15) is 18.4 Å². The van der Waals surface area contributed by atoms with E-state index in [4.69, 9.17) is 4.74 Å². The Labute approximate surface area is 136 Å². The molecule has 0 radical (unpaired) electrons. The third kappa shape index (κ3) is 3.73. The van der Waals surface area contributed by atoms with Crippen LogP contribution in [0.5, 0.6) is 5.75 Å². The molecule has 1 aliphatic rings. The summed E-state index contributed by atoms with van der Waals surface area (Å²) in [6.45, 7) is 3.58. The molecule has 1 saturated heterocycles. The molecule has 2 heterocycles. The Bertz CT molecular complexity index is 744. The second-order valence-electron chi connectivity index (χ2n) is 5.93. The van der Waals surface area contributed by atoms with E-state index in [-0.39, 0.29) is 10.8 Å². The second-order valence-corrected chi connectivity index (χ2v) is 7.87. The van der Waals surface area contributed by atoms with E-state index >= 15 is 0 Å². The molecular weight excluding hydrogens is 314 g/mol. The molecule has 0 bridgehead atoms. The molecule has 3 rings (SSSR count). The number of aromatic amines is 1. The predicted molar refractivity (Wildman–Crippen MR) is 86.7 cm³/mol. The highest BCUT2D eigenvalue weighted by atomic mass is 32.2. The van der Waals surface area contributed by atoms with Crippen LogP contribution in [0.3, 0.4) is 0 Å². The molecule has 0 spiro atoms. The fourth-order valence-corrected chi connectivity index (χ4v) is 4.29. The summed E-state index contributed by atoms with van der Waals surface area (Å²) in [6, 6.07) is 7.90. The molecule has 7 heteroatoms. The number of sulfonamides is 1. The van der Waals surface area contributed by atoms with Gasteiger partial charge in [-0.15, -0.1) is 0 Å². The van der Waals surface area contributed by atoms with Gasteiger partial charge >= 0.3 is 0 Å². The zero-order valence-electron chi connectivity index (χ0n) is 13.1. The van der Waals surface area contributed by atoms with Crippen LogP contribution in [0, 0.1) is 12.8 Å². The summed E-state index contributed by atoms with van der Waals surface area (Å²) in [7, 11) is -3.46. The van der Waals surface area contributed by atoms with Crippen LogP contribution in [0.4, 0.5) is 0 Å². The van der Waals surface area contributed by atoms with Gasteiger partial charge in [0, 0.05) is 25.2 Å². The topological polar surface area (TPSA) is 75.3 Å². The van der Waals surface area contributed by atoms with Crippen molar-refractivity contribution in [3.63, 3.8) is 0 Å². The molecule has 6 nitrogen and oxygen atoms in total. The molecule has 0 amide bonds. The van der Waals surface area contributed by atoms with Crippen molar-refractivity contribution in [2.24, 2.45) is 5.92 Å². The molecule has 0 aliphatic carbocycles. The van der Waals surface area contributed by atoms with Crippen molar-refractivity contribution < 1.29 is 13.2 Å². The van der Waals surface area contributed by atoms with Crippen molar-refractivity contribution >= 4 is 10.0 Å². The van der Waals surface area contributed by atoms with E-state index in [1.54, 1.807) is 0 Å². The van der Waals surface area contributed by atoms with Gasteiger partial charge in [0.05, 0.1) is 12.8 Å². The lowest BCUT2D eigenvalue weighted by Crippen LogP contribution is -2.41. The van der Waals surface area contributed by atoms with Crippen LogP contribution < -0.4 is 4.74 Å². The monoisotopic (exact) mass is 335 g/mol. The summed E-state index contributed by atoms with van der Waals surface area (Å²) in [5, 5.41) is 6.29. The maximum absolute atomic E-state index is 12.5. The van der Waals surface area contributed by atoms with Gasteiger partial charge in [0.15, 0.2) is 0 Å². The van der Waals surface area contributed by atoms with Gasteiger partial charge in [0.25, 0.3) is 0 Å². The Balaban J connectivity index is 1.62. The molecule has 0 saturated carbocycles. The summed E-state index contributed by atoms with van der Waals surface area (Å²) < 4.78 is 32.4. The van der Waals surface area contributed by atoms with Gasteiger partial charge in [-0.25, -0.2) is 8.42 Å². The number of H-pyrrole nitrogens is 1. The van der Waals surface area contributed by atoms with Crippen LogP contribution in [0.2, 0.25) is 0 Å². The van der Waals surface area contributed by atoms with E-state index < -0.39 is 10.0 Å². The molecule has 0 unspecified atom stereocenters. The highest BCUT2D eigenvalue weighted by molar-refractivity contribution is 7.89. The molecule has 1 aromatic heterocycles. The fraction of sp³-hybridized carbons (Fsp3) is 0.438. The van der Waals surface area contributed by atoms with E-state index in [0.717, 1.165) is 24.2 Å². The minimum absolute atomic E-state index is 0.200. The zero-order valence-corrected chi connectivity index (χ0v) is 13.9. The number of nitrogens with zero attached hydrogens (tertiary/aromatic N) is 2. The number of hydrogen-bond donors (Lipinski definition) is 1. The molecule has 1 aliphatic heterocycles. The lowest BCUT2D eigenvalue weighted by Gasteiger charge is -2.31. The average Bonchev–Trinajstić information content (AvgIpc) is 3.09. The van der Waals surface area contributed by atoms with Gasteiger partial charge in [-0.2, -0.15) is 9.40 Å². The number of aryl methyl sites for hydroxylation is 1. The van der Waals surface area contributed by atoms with E-state index in [1.807, 2.05) is 31.2 Å². The van der Waals surface area contributed by atoms with Crippen LogP contribution in [0.15, 0.2) is 41.6 Å². The Kier molecular flexibility index (Phi) is 4.68. The first-order valence-electron chi connectivity index (χ1n) is 7.74. The van der Waals surface area contributed by atoms with E-state index in [9.17, 15) is 8.42 Å². The van der Waals surface area contributed by atoms with Crippen molar-refractivity contribution in [2.75, 3.05) is 19.7 Å². The van der Waals surface area contributed by atoms with Gasteiger partial charge < -0.3 is 4.74 Å². The van der Waals surface area contributed by atoms with Gasteiger partial charge in [-0.05, 0) is 37.5 Å². The molecule has 1 atom stereocenters. The second kappa shape index (κ2) is 6.72. The number of piperidine rings is 1. The zero-order chi connectivity index (χ0) is 16.3. The summed E-state index contributed by atoms with van der Waals surface area (Å²) in [5.41, 5.74) is 1.15. The van der Waals surface area contributed by atoms with E-state index in [2.05, 4.69) is 10.2 Å². The fourth-order valence-electron chi connectivity index (χ4n) is 2.83. The van der Waals surface area contributed by atoms with Crippen molar-refractivity contribution in [2.45, 2.75) is 24.7 Å². The minimum Gasteiger partial charge on any atom is -0.493 e. The predicted octanol–water partition coefficient (Wildman–Crippen LogP) is 2.20. The normalized spacial score (nSPS) is 19.6. The largest absolute Gasteiger partial charge is 0.493 e. The SMILES string of the molecule is Cc1cccc(OC[C@@H]2CCCN(S(=O)(=O)c3cn[nH]c3)C2)c1. The van der Waals surface area contributed by atoms with E-state index in [1.165, 1.54) is 16.7 Å². The molecular formula is C16H21N3O3S.